The topological polar surface area (TPSA) is 59.6 Å². The van der Waals surface area contributed by atoms with Crippen molar-refractivity contribution < 1.29 is 4.74 Å². The number of ether oxygens (including phenoxy) is 1. The highest BCUT2D eigenvalue weighted by atomic mass is 127. The summed E-state index contributed by atoms with van der Waals surface area (Å²) in [7, 11) is 1.68. The fourth-order valence-electron chi connectivity index (χ4n) is 1.82. The van der Waals surface area contributed by atoms with Crippen molar-refractivity contribution in [2.24, 2.45) is 16.1 Å². The first kappa shape index (κ1) is 21.3. The van der Waals surface area contributed by atoms with Gasteiger partial charge in [-0.1, -0.05) is 40.0 Å². The molecule has 19 heavy (non-hydrogen) atoms. The van der Waals surface area contributed by atoms with Gasteiger partial charge in [0.15, 0.2) is 5.96 Å². The zero-order chi connectivity index (χ0) is 14.0. The summed E-state index contributed by atoms with van der Waals surface area (Å²) in [5, 5.41) is 3.12. The van der Waals surface area contributed by atoms with E-state index in [1.54, 1.807) is 7.11 Å². The van der Waals surface area contributed by atoms with E-state index in [1.807, 2.05) is 6.92 Å². The number of nitrogens with zero attached hydrogens (tertiary/aromatic N) is 1. The molecule has 0 fully saturated rings. The summed E-state index contributed by atoms with van der Waals surface area (Å²) in [5.41, 5.74) is 6.08. The van der Waals surface area contributed by atoms with Crippen LogP contribution in [0.5, 0.6) is 0 Å². The third kappa shape index (κ3) is 12.7. The Bertz CT molecular complexity index is 245. The molecule has 0 heterocycles. The average molecular weight is 385 g/mol. The number of hydrogen-bond donors (Lipinski definition) is 2. The van der Waals surface area contributed by atoms with E-state index < -0.39 is 0 Å². The summed E-state index contributed by atoms with van der Waals surface area (Å²) in [6.45, 7) is 10.2. The maximum absolute atomic E-state index is 5.85. The maximum Gasteiger partial charge on any atom is 0.188 e. The van der Waals surface area contributed by atoms with E-state index in [-0.39, 0.29) is 35.4 Å². The molecule has 4 nitrogen and oxygen atoms in total. The molecule has 0 aromatic heterocycles. The van der Waals surface area contributed by atoms with Crippen molar-refractivity contribution in [1.82, 2.24) is 5.32 Å². The highest BCUT2D eigenvalue weighted by Crippen LogP contribution is 2.23. The smallest absolute Gasteiger partial charge is 0.188 e. The number of rotatable bonds is 9. The van der Waals surface area contributed by atoms with E-state index in [0.29, 0.717) is 12.6 Å². The van der Waals surface area contributed by atoms with Gasteiger partial charge in [-0.05, 0) is 18.8 Å². The molecule has 0 aromatic rings. The van der Waals surface area contributed by atoms with Crippen LogP contribution in [-0.4, -0.2) is 32.3 Å². The lowest BCUT2D eigenvalue weighted by Crippen LogP contribution is -2.41. The van der Waals surface area contributed by atoms with E-state index in [9.17, 15) is 0 Å². The van der Waals surface area contributed by atoms with Crippen LogP contribution in [0.25, 0.3) is 0 Å². The number of nitrogens with one attached hydrogen (secondary N) is 1. The first-order valence-electron chi connectivity index (χ1n) is 6.96. The van der Waals surface area contributed by atoms with Crippen LogP contribution >= 0.6 is 24.0 Å². The van der Waals surface area contributed by atoms with Gasteiger partial charge < -0.3 is 15.8 Å². The molecule has 5 heteroatoms. The SMILES string of the molecule is CCCCCC(C)(C)CN=C(N)NC(C)COC.I. The van der Waals surface area contributed by atoms with Gasteiger partial charge in [0.05, 0.1) is 6.61 Å². The van der Waals surface area contributed by atoms with Gasteiger partial charge in [-0.25, -0.2) is 0 Å². The van der Waals surface area contributed by atoms with Crippen molar-refractivity contribution in [2.45, 2.75) is 59.4 Å². The molecule has 0 radical (unpaired) electrons. The van der Waals surface area contributed by atoms with Crippen LogP contribution in [0.2, 0.25) is 0 Å². The number of halogens is 1. The van der Waals surface area contributed by atoms with Gasteiger partial charge in [-0.15, -0.1) is 24.0 Å². The van der Waals surface area contributed by atoms with Crippen LogP contribution in [0.3, 0.4) is 0 Å². The minimum absolute atomic E-state index is 0. The Morgan fingerprint density at radius 3 is 2.53 bits per heavy atom. The maximum atomic E-state index is 5.85. The summed E-state index contributed by atoms with van der Waals surface area (Å²) < 4.78 is 5.04. The number of aliphatic imine (C=N–C) groups is 1. The van der Waals surface area contributed by atoms with Gasteiger partial charge in [0.2, 0.25) is 0 Å². The molecule has 3 N–H and O–H groups in total. The van der Waals surface area contributed by atoms with Gasteiger partial charge in [0.1, 0.15) is 0 Å². The minimum atomic E-state index is 0. The van der Waals surface area contributed by atoms with E-state index in [1.165, 1.54) is 25.7 Å². The molecule has 1 unspecified atom stereocenters. The molecular weight excluding hydrogens is 353 g/mol. The largest absolute Gasteiger partial charge is 0.383 e. The Balaban J connectivity index is 0. The molecular formula is C14H32IN3O. The normalized spacial score (nSPS) is 13.8. The zero-order valence-corrected chi connectivity index (χ0v) is 15.5. The van der Waals surface area contributed by atoms with Crippen molar-refractivity contribution in [3.63, 3.8) is 0 Å². The predicted molar refractivity (Wildman–Crippen MR) is 94.3 cm³/mol. The Labute approximate surface area is 136 Å². The summed E-state index contributed by atoms with van der Waals surface area (Å²) in [6, 6.07) is 0.196. The lowest BCUT2D eigenvalue weighted by molar-refractivity contribution is 0.179. The second-order valence-electron chi connectivity index (χ2n) is 5.82. The molecule has 0 aliphatic heterocycles. The molecule has 0 aromatic carbocycles. The highest BCUT2D eigenvalue weighted by Gasteiger charge is 2.16. The van der Waals surface area contributed by atoms with E-state index in [2.05, 4.69) is 31.1 Å². The Morgan fingerprint density at radius 2 is 2.00 bits per heavy atom. The van der Waals surface area contributed by atoms with Crippen LogP contribution in [0.1, 0.15) is 53.4 Å². The molecule has 0 saturated carbocycles. The predicted octanol–water partition coefficient (Wildman–Crippen LogP) is 3.15. The summed E-state index contributed by atoms with van der Waals surface area (Å²) in [6.07, 6.45) is 5.03. The van der Waals surface area contributed by atoms with Gasteiger partial charge >= 0.3 is 0 Å². The standard InChI is InChI=1S/C14H31N3O.HI/c1-6-7-8-9-14(3,4)11-16-13(15)17-12(2)10-18-5;/h12H,6-11H2,1-5H3,(H3,15,16,17);1H. The molecule has 116 valence electrons. The van der Waals surface area contributed by atoms with Gasteiger partial charge in [-0.3, -0.25) is 4.99 Å². The van der Waals surface area contributed by atoms with Crippen molar-refractivity contribution in [1.29, 1.82) is 0 Å². The van der Waals surface area contributed by atoms with Crippen molar-refractivity contribution in [3.8, 4) is 0 Å². The first-order valence-corrected chi connectivity index (χ1v) is 6.96. The fraction of sp³-hybridized carbons (Fsp3) is 0.929. The van der Waals surface area contributed by atoms with Crippen LogP contribution in [-0.2, 0) is 4.74 Å². The lowest BCUT2D eigenvalue weighted by Gasteiger charge is -2.23. The van der Waals surface area contributed by atoms with Crippen LogP contribution in [0.15, 0.2) is 4.99 Å². The van der Waals surface area contributed by atoms with Gasteiger partial charge in [-0.2, -0.15) is 0 Å². The van der Waals surface area contributed by atoms with Crippen molar-refractivity contribution >= 4 is 29.9 Å². The third-order valence-corrected chi connectivity index (χ3v) is 2.95. The Kier molecular flexibility index (Phi) is 13.2. The molecule has 1 atom stereocenters. The van der Waals surface area contributed by atoms with Crippen molar-refractivity contribution in [2.75, 3.05) is 20.3 Å². The molecule has 0 saturated heterocycles. The summed E-state index contributed by atoms with van der Waals surface area (Å²) >= 11 is 0. The second kappa shape index (κ2) is 11.8. The number of methoxy groups -OCH3 is 1. The monoisotopic (exact) mass is 385 g/mol. The number of guanidine groups is 1. The Hall–Kier alpha value is -0.0400. The summed E-state index contributed by atoms with van der Waals surface area (Å²) in [5.74, 6) is 0.517. The molecule has 0 amide bonds. The van der Waals surface area contributed by atoms with E-state index in [0.717, 1.165) is 6.54 Å². The molecule has 0 aliphatic rings. The van der Waals surface area contributed by atoms with Crippen LogP contribution in [0, 0.1) is 5.41 Å². The fourth-order valence-corrected chi connectivity index (χ4v) is 1.82. The molecule has 0 aliphatic carbocycles. The highest BCUT2D eigenvalue weighted by molar-refractivity contribution is 14.0. The number of unbranched alkanes of at least 4 members (excludes halogenated alkanes) is 2. The number of hydrogen-bond acceptors (Lipinski definition) is 2. The van der Waals surface area contributed by atoms with E-state index >= 15 is 0 Å². The summed E-state index contributed by atoms with van der Waals surface area (Å²) in [4.78, 5) is 4.42. The van der Waals surface area contributed by atoms with Crippen LogP contribution in [0.4, 0.5) is 0 Å². The quantitative estimate of drug-likeness (QED) is 0.278. The van der Waals surface area contributed by atoms with Gasteiger partial charge in [0, 0.05) is 19.7 Å². The molecule has 0 bridgehead atoms. The number of nitrogens with two attached hydrogens (primary N) is 1. The minimum Gasteiger partial charge on any atom is -0.383 e. The van der Waals surface area contributed by atoms with Crippen molar-refractivity contribution in [3.05, 3.63) is 0 Å². The average Bonchev–Trinajstić information content (AvgIpc) is 2.27. The zero-order valence-electron chi connectivity index (χ0n) is 13.2. The van der Waals surface area contributed by atoms with Gasteiger partial charge in [0.25, 0.3) is 0 Å². The third-order valence-electron chi connectivity index (χ3n) is 2.95. The van der Waals surface area contributed by atoms with Crippen LogP contribution < -0.4 is 11.1 Å². The first-order chi connectivity index (χ1) is 8.41. The molecule has 0 rings (SSSR count). The second-order valence-corrected chi connectivity index (χ2v) is 5.82. The Morgan fingerprint density at radius 1 is 1.37 bits per heavy atom. The van der Waals surface area contributed by atoms with E-state index in [4.69, 9.17) is 10.5 Å². The lowest BCUT2D eigenvalue weighted by atomic mass is 9.87. The molecule has 0 spiro atoms.